The van der Waals surface area contributed by atoms with Crippen LogP contribution in [0, 0.1) is 12.8 Å². The molecule has 1 heterocycles. The van der Waals surface area contributed by atoms with E-state index >= 15 is 0 Å². The number of aliphatic hydroxyl groups is 1. The molecule has 0 radical (unpaired) electrons. The molecule has 0 saturated carbocycles. The summed E-state index contributed by atoms with van der Waals surface area (Å²) < 4.78 is 0. The van der Waals surface area contributed by atoms with E-state index in [-0.39, 0.29) is 6.10 Å². The molecule has 118 valence electrons. The zero-order valence-corrected chi connectivity index (χ0v) is 13.7. The van der Waals surface area contributed by atoms with Gasteiger partial charge in [-0.15, -0.1) is 0 Å². The van der Waals surface area contributed by atoms with Crippen LogP contribution in [0.15, 0.2) is 24.3 Å². The summed E-state index contributed by atoms with van der Waals surface area (Å²) in [6, 6.07) is 9.27. The predicted molar refractivity (Wildman–Crippen MR) is 88.4 cm³/mol. The minimum atomic E-state index is -0.148. The van der Waals surface area contributed by atoms with Gasteiger partial charge in [-0.1, -0.05) is 29.8 Å². The smallest absolute Gasteiger partial charge is 0.0541 e. The lowest BCUT2D eigenvalue weighted by atomic mass is 9.92. The summed E-state index contributed by atoms with van der Waals surface area (Å²) in [7, 11) is 2.05. The van der Waals surface area contributed by atoms with Gasteiger partial charge in [0.15, 0.2) is 0 Å². The first-order valence-electron chi connectivity index (χ1n) is 8.24. The lowest BCUT2D eigenvalue weighted by molar-refractivity contribution is 0.0706. The average Bonchev–Trinajstić information content (AvgIpc) is 2.50. The zero-order chi connectivity index (χ0) is 15.2. The number of piperidine rings is 1. The summed E-state index contributed by atoms with van der Waals surface area (Å²) >= 11 is 0. The topological polar surface area (TPSA) is 35.5 Å². The molecule has 2 unspecified atom stereocenters. The van der Waals surface area contributed by atoms with Gasteiger partial charge in [-0.25, -0.2) is 0 Å². The standard InChI is InChI=1S/C18H30N2O/c1-14-4-6-17(7-5-14)18(19-3)10-13-20-11-8-16(9-12-20)15(2)21/h4-7,15-16,18-19,21H,8-13H2,1-3H3. The predicted octanol–water partition coefficient (Wildman–Crippen LogP) is 2.74. The van der Waals surface area contributed by atoms with Crippen LogP contribution in [0.2, 0.25) is 0 Å². The summed E-state index contributed by atoms with van der Waals surface area (Å²) in [5, 5.41) is 13.1. The van der Waals surface area contributed by atoms with Gasteiger partial charge >= 0.3 is 0 Å². The maximum atomic E-state index is 9.66. The SMILES string of the molecule is CNC(CCN1CCC(C(C)O)CC1)c1ccc(C)cc1. The number of hydrogen-bond donors (Lipinski definition) is 2. The van der Waals surface area contributed by atoms with Crippen molar-refractivity contribution in [3.8, 4) is 0 Å². The minimum Gasteiger partial charge on any atom is -0.393 e. The first-order chi connectivity index (χ1) is 10.1. The Morgan fingerprint density at radius 3 is 2.38 bits per heavy atom. The minimum absolute atomic E-state index is 0.148. The Morgan fingerprint density at radius 1 is 1.24 bits per heavy atom. The van der Waals surface area contributed by atoms with Crippen molar-refractivity contribution in [2.75, 3.05) is 26.7 Å². The second-order valence-electron chi connectivity index (χ2n) is 6.46. The molecule has 1 aromatic rings. The number of nitrogens with zero attached hydrogens (tertiary/aromatic N) is 1. The Bertz CT molecular complexity index is 408. The van der Waals surface area contributed by atoms with Gasteiger partial charge in [0, 0.05) is 6.04 Å². The first-order valence-corrected chi connectivity index (χ1v) is 8.24. The third-order valence-corrected chi connectivity index (χ3v) is 4.88. The molecule has 1 saturated heterocycles. The Morgan fingerprint density at radius 2 is 1.86 bits per heavy atom. The third kappa shape index (κ3) is 4.80. The molecule has 0 spiro atoms. The Kier molecular flexibility index (Phi) is 6.22. The molecule has 3 heteroatoms. The van der Waals surface area contributed by atoms with Crippen molar-refractivity contribution in [3.63, 3.8) is 0 Å². The number of benzene rings is 1. The molecule has 1 aliphatic heterocycles. The van der Waals surface area contributed by atoms with Gasteiger partial charge in [-0.3, -0.25) is 0 Å². The van der Waals surface area contributed by atoms with Gasteiger partial charge in [0.05, 0.1) is 6.10 Å². The highest BCUT2D eigenvalue weighted by Crippen LogP contribution is 2.22. The van der Waals surface area contributed by atoms with Gasteiger partial charge in [-0.2, -0.15) is 0 Å². The number of aliphatic hydroxyl groups excluding tert-OH is 1. The highest BCUT2D eigenvalue weighted by molar-refractivity contribution is 5.24. The Labute approximate surface area is 129 Å². The van der Waals surface area contributed by atoms with Gasteiger partial charge < -0.3 is 15.3 Å². The number of rotatable bonds is 6. The van der Waals surface area contributed by atoms with Crippen molar-refractivity contribution in [3.05, 3.63) is 35.4 Å². The van der Waals surface area contributed by atoms with Crippen LogP contribution in [-0.2, 0) is 0 Å². The van der Waals surface area contributed by atoms with Crippen molar-refractivity contribution in [2.45, 2.75) is 45.3 Å². The van der Waals surface area contributed by atoms with E-state index in [0.29, 0.717) is 12.0 Å². The normalized spacial score (nSPS) is 20.4. The van der Waals surface area contributed by atoms with Crippen LogP contribution in [-0.4, -0.2) is 42.8 Å². The fourth-order valence-corrected chi connectivity index (χ4v) is 3.25. The molecule has 2 rings (SSSR count). The fourth-order valence-electron chi connectivity index (χ4n) is 3.25. The van der Waals surface area contributed by atoms with Crippen LogP contribution in [0.25, 0.3) is 0 Å². The summed E-state index contributed by atoms with van der Waals surface area (Å²) in [6.07, 6.45) is 3.25. The lowest BCUT2D eigenvalue weighted by Gasteiger charge is -2.34. The quantitative estimate of drug-likeness (QED) is 0.845. The molecule has 1 fully saturated rings. The van der Waals surface area contributed by atoms with Crippen molar-refractivity contribution in [1.29, 1.82) is 0 Å². The van der Waals surface area contributed by atoms with E-state index in [1.54, 1.807) is 0 Å². The van der Waals surface area contributed by atoms with Crippen molar-refractivity contribution >= 4 is 0 Å². The molecular formula is C18H30N2O. The van der Waals surface area contributed by atoms with E-state index in [1.807, 2.05) is 14.0 Å². The zero-order valence-electron chi connectivity index (χ0n) is 13.7. The van der Waals surface area contributed by atoms with Crippen molar-refractivity contribution in [2.24, 2.45) is 5.92 Å². The maximum Gasteiger partial charge on any atom is 0.0541 e. The number of hydrogen-bond acceptors (Lipinski definition) is 3. The molecule has 2 atom stereocenters. The summed E-state index contributed by atoms with van der Waals surface area (Å²) in [5.41, 5.74) is 2.69. The second-order valence-corrected chi connectivity index (χ2v) is 6.46. The highest BCUT2D eigenvalue weighted by atomic mass is 16.3. The molecule has 0 aliphatic carbocycles. The largest absolute Gasteiger partial charge is 0.393 e. The van der Waals surface area contributed by atoms with Crippen LogP contribution in [0.4, 0.5) is 0 Å². The van der Waals surface area contributed by atoms with E-state index in [0.717, 1.165) is 38.9 Å². The van der Waals surface area contributed by atoms with E-state index in [2.05, 4.69) is 41.4 Å². The maximum absolute atomic E-state index is 9.66. The van der Waals surface area contributed by atoms with Gasteiger partial charge in [0.2, 0.25) is 0 Å². The van der Waals surface area contributed by atoms with Crippen LogP contribution in [0.5, 0.6) is 0 Å². The Hall–Kier alpha value is -0.900. The average molecular weight is 290 g/mol. The van der Waals surface area contributed by atoms with E-state index in [9.17, 15) is 5.11 Å². The second kappa shape index (κ2) is 7.92. The molecule has 0 amide bonds. The first kappa shape index (κ1) is 16.5. The van der Waals surface area contributed by atoms with Gasteiger partial charge in [-0.05, 0) is 71.3 Å². The lowest BCUT2D eigenvalue weighted by Crippen LogP contribution is -2.38. The summed E-state index contributed by atoms with van der Waals surface area (Å²) in [6.45, 7) is 7.44. The van der Waals surface area contributed by atoms with E-state index in [4.69, 9.17) is 0 Å². The van der Waals surface area contributed by atoms with Gasteiger partial charge in [0.25, 0.3) is 0 Å². The van der Waals surface area contributed by atoms with Crippen molar-refractivity contribution in [1.82, 2.24) is 10.2 Å². The molecule has 0 bridgehead atoms. The molecule has 21 heavy (non-hydrogen) atoms. The van der Waals surface area contributed by atoms with Crippen molar-refractivity contribution < 1.29 is 5.11 Å². The highest BCUT2D eigenvalue weighted by Gasteiger charge is 2.22. The number of aryl methyl sites for hydroxylation is 1. The summed E-state index contributed by atoms with van der Waals surface area (Å²) in [5.74, 6) is 0.499. The van der Waals surface area contributed by atoms with Gasteiger partial charge in [0.1, 0.15) is 0 Å². The fraction of sp³-hybridized carbons (Fsp3) is 0.667. The van der Waals surface area contributed by atoms with Crippen LogP contribution < -0.4 is 5.32 Å². The monoisotopic (exact) mass is 290 g/mol. The molecule has 1 aromatic carbocycles. The molecular weight excluding hydrogens is 260 g/mol. The Balaban J connectivity index is 1.80. The molecule has 0 aromatic heterocycles. The van der Waals surface area contributed by atoms with E-state index < -0.39 is 0 Å². The molecule has 3 nitrogen and oxygen atoms in total. The van der Waals surface area contributed by atoms with Crippen LogP contribution in [0.1, 0.15) is 43.4 Å². The molecule has 2 N–H and O–H groups in total. The van der Waals surface area contributed by atoms with Crippen LogP contribution in [0.3, 0.4) is 0 Å². The number of nitrogens with one attached hydrogen (secondary N) is 1. The molecule has 1 aliphatic rings. The van der Waals surface area contributed by atoms with Crippen LogP contribution >= 0.6 is 0 Å². The third-order valence-electron chi connectivity index (χ3n) is 4.88. The van der Waals surface area contributed by atoms with E-state index in [1.165, 1.54) is 11.1 Å². The summed E-state index contributed by atoms with van der Waals surface area (Å²) in [4.78, 5) is 2.54. The number of likely N-dealkylation sites (tertiary alicyclic amines) is 1.